The molecule has 0 radical (unpaired) electrons. The molecule has 3 heterocycles. The lowest BCUT2D eigenvalue weighted by molar-refractivity contribution is -0.122. The number of carbonyl (C=O) groups excluding carboxylic acids is 4. The fraction of sp³-hybridized carbons (Fsp3) is 0.171. The van der Waals surface area contributed by atoms with Crippen molar-refractivity contribution in [1.29, 1.82) is 0 Å². The molecule has 1 aromatic heterocycles. The highest BCUT2D eigenvalue weighted by molar-refractivity contribution is 8.00. The SMILES string of the molecule is CCOC(=O)c1ccc(N2C(=O)C3Sc4c(sc(=O)n4CC(=O)Nc4ccc5ccccc5c4)C(c4ccccc4)C3C2=O)cc1. The molecule has 1 saturated heterocycles. The van der Waals surface area contributed by atoms with Gasteiger partial charge in [0.25, 0.3) is 0 Å². The summed E-state index contributed by atoms with van der Waals surface area (Å²) in [6.45, 7) is 1.70. The zero-order chi connectivity index (χ0) is 31.9. The largest absolute Gasteiger partial charge is 0.462 e. The van der Waals surface area contributed by atoms with Crippen molar-refractivity contribution < 1.29 is 23.9 Å². The third-order valence-electron chi connectivity index (χ3n) is 8.18. The van der Waals surface area contributed by atoms with Crippen LogP contribution in [0.2, 0.25) is 0 Å². The minimum absolute atomic E-state index is 0.228. The molecule has 9 nitrogen and oxygen atoms in total. The molecule has 7 rings (SSSR count). The lowest BCUT2D eigenvalue weighted by atomic mass is 9.83. The Morgan fingerprint density at radius 1 is 0.848 bits per heavy atom. The molecule has 0 spiro atoms. The number of benzene rings is 4. The van der Waals surface area contributed by atoms with Gasteiger partial charge in [-0.2, -0.15) is 0 Å². The Labute approximate surface area is 271 Å². The molecule has 4 aromatic carbocycles. The summed E-state index contributed by atoms with van der Waals surface area (Å²) in [4.78, 5) is 68.4. The Morgan fingerprint density at radius 2 is 1.57 bits per heavy atom. The van der Waals surface area contributed by atoms with Gasteiger partial charge in [0.15, 0.2) is 0 Å². The van der Waals surface area contributed by atoms with Crippen molar-refractivity contribution in [2.24, 2.45) is 5.92 Å². The summed E-state index contributed by atoms with van der Waals surface area (Å²) in [5, 5.41) is 4.60. The van der Waals surface area contributed by atoms with Crippen LogP contribution in [0.5, 0.6) is 0 Å². The number of hydrogen-bond acceptors (Lipinski definition) is 8. The summed E-state index contributed by atoms with van der Waals surface area (Å²) in [6, 6.07) is 28.9. The molecule has 5 aromatic rings. The first-order valence-electron chi connectivity index (χ1n) is 14.7. The number of esters is 1. The van der Waals surface area contributed by atoms with Gasteiger partial charge in [-0.05, 0) is 59.7 Å². The van der Waals surface area contributed by atoms with Gasteiger partial charge in [-0.1, -0.05) is 83.8 Å². The predicted octanol–water partition coefficient (Wildman–Crippen LogP) is 5.67. The molecule has 230 valence electrons. The summed E-state index contributed by atoms with van der Waals surface area (Å²) < 4.78 is 6.46. The number of hydrogen-bond donors (Lipinski definition) is 1. The van der Waals surface area contributed by atoms with E-state index in [4.69, 9.17) is 4.74 Å². The van der Waals surface area contributed by atoms with Gasteiger partial charge in [-0.3, -0.25) is 23.7 Å². The molecule has 2 aliphatic rings. The van der Waals surface area contributed by atoms with Crippen molar-refractivity contribution in [3.05, 3.63) is 123 Å². The molecular formula is C35H27N3O6S2. The maximum atomic E-state index is 14.1. The second-order valence-corrected chi connectivity index (χ2v) is 13.1. The normalized spacial score (nSPS) is 18.7. The quantitative estimate of drug-likeness (QED) is 0.178. The maximum absolute atomic E-state index is 14.1. The Bertz CT molecular complexity index is 2070. The summed E-state index contributed by atoms with van der Waals surface area (Å²) in [5.41, 5.74) is 2.07. The third-order valence-corrected chi connectivity index (χ3v) is 10.8. The minimum atomic E-state index is -0.821. The van der Waals surface area contributed by atoms with E-state index >= 15 is 0 Å². The van der Waals surface area contributed by atoms with E-state index in [1.165, 1.54) is 21.6 Å². The van der Waals surface area contributed by atoms with E-state index in [1.807, 2.05) is 72.8 Å². The first-order valence-corrected chi connectivity index (χ1v) is 16.4. The molecule has 3 amide bonds. The van der Waals surface area contributed by atoms with Gasteiger partial charge in [0.05, 0.1) is 28.8 Å². The van der Waals surface area contributed by atoms with Gasteiger partial charge in [-0.25, -0.2) is 9.69 Å². The number of thioether (sulfide) groups is 1. The van der Waals surface area contributed by atoms with Crippen molar-refractivity contribution in [2.45, 2.75) is 29.7 Å². The number of carbonyl (C=O) groups is 4. The van der Waals surface area contributed by atoms with Crippen LogP contribution < -0.4 is 15.1 Å². The number of nitrogens with zero attached hydrogens (tertiary/aromatic N) is 2. The highest BCUT2D eigenvalue weighted by Crippen LogP contribution is 2.53. The molecule has 0 bridgehead atoms. The van der Waals surface area contributed by atoms with Crippen LogP contribution in [0.25, 0.3) is 10.8 Å². The van der Waals surface area contributed by atoms with Gasteiger partial charge in [0.1, 0.15) is 11.8 Å². The average Bonchev–Trinajstić information content (AvgIpc) is 3.51. The number of ether oxygens (including phenoxy) is 1. The van der Waals surface area contributed by atoms with Crippen LogP contribution in [0.1, 0.15) is 33.6 Å². The van der Waals surface area contributed by atoms with E-state index in [2.05, 4.69) is 5.32 Å². The molecular weight excluding hydrogens is 623 g/mol. The smallest absolute Gasteiger partial charge is 0.338 e. The summed E-state index contributed by atoms with van der Waals surface area (Å²) >= 11 is 2.16. The fourth-order valence-electron chi connectivity index (χ4n) is 6.10. The van der Waals surface area contributed by atoms with Crippen molar-refractivity contribution in [3.8, 4) is 0 Å². The summed E-state index contributed by atoms with van der Waals surface area (Å²) in [5.74, 6) is -3.00. The molecule has 1 N–H and O–H groups in total. The minimum Gasteiger partial charge on any atom is -0.462 e. The molecule has 3 unspecified atom stereocenters. The van der Waals surface area contributed by atoms with E-state index in [1.54, 1.807) is 19.1 Å². The third kappa shape index (κ3) is 5.21. The molecule has 2 aliphatic heterocycles. The van der Waals surface area contributed by atoms with Crippen LogP contribution in [0.3, 0.4) is 0 Å². The zero-order valence-electron chi connectivity index (χ0n) is 24.5. The van der Waals surface area contributed by atoms with Gasteiger partial charge in [0, 0.05) is 16.5 Å². The molecule has 46 heavy (non-hydrogen) atoms. The number of amides is 3. The highest BCUT2D eigenvalue weighted by atomic mass is 32.2. The lowest BCUT2D eigenvalue weighted by Gasteiger charge is -2.30. The first-order chi connectivity index (χ1) is 22.3. The second kappa shape index (κ2) is 12.1. The standard InChI is InChI=1S/C35H27N3O6S2/c1-2-44-34(42)22-13-16-25(17-14-22)38-31(40)28-27(21-9-4-3-5-10-21)30-33(45-29(28)32(38)41)37(35(43)46-30)19-26(39)36-24-15-12-20-8-6-7-11-23(20)18-24/h3-18,27-29H,2,19H2,1H3,(H,36,39). The zero-order valence-corrected chi connectivity index (χ0v) is 26.2. The predicted molar refractivity (Wildman–Crippen MR) is 177 cm³/mol. The van der Waals surface area contributed by atoms with Crippen molar-refractivity contribution in [3.63, 3.8) is 0 Å². The number of thiazole rings is 1. The average molecular weight is 650 g/mol. The Kier molecular flexibility index (Phi) is 7.79. The van der Waals surface area contributed by atoms with E-state index in [0.29, 0.717) is 26.8 Å². The van der Waals surface area contributed by atoms with Crippen molar-refractivity contribution in [2.75, 3.05) is 16.8 Å². The number of imide groups is 1. The number of aromatic nitrogens is 1. The van der Waals surface area contributed by atoms with Crippen LogP contribution in [0.4, 0.5) is 11.4 Å². The van der Waals surface area contributed by atoms with E-state index in [0.717, 1.165) is 39.4 Å². The van der Waals surface area contributed by atoms with Gasteiger partial charge in [0.2, 0.25) is 17.7 Å². The van der Waals surface area contributed by atoms with Gasteiger partial charge < -0.3 is 10.1 Å². The van der Waals surface area contributed by atoms with Crippen molar-refractivity contribution >= 4 is 68.9 Å². The monoisotopic (exact) mass is 649 g/mol. The molecule has 1 fully saturated rings. The fourth-order valence-corrected chi connectivity index (χ4v) is 8.87. The lowest BCUT2D eigenvalue weighted by Crippen LogP contribution is -2.33. The molecule has 11 heteroatoms. The van der Waals surface area contributed by atoms with Crippen molar-refractivity contribution in [1.82, 2.24) is 4.57 Å². The molecule has 0 aliphatic carbocycles. The van der Waals surface area contributed by atoms with E-state index in [-0.39, 0.29) is 29.8 Å². The molecule has 3 atom stereocenters. The Balaban J connectivity index is 1.22. The number of nitrogens with one attached hydrogen (secondary N) is 1. The van der Waals surface area contributed by atoms with Crippen LogP contribution >= 0.6 is 23.1 Å². The van der Waals surface area contributed by atoms with Crippen LogP contribution in [-0.4, -0.2) is 40.1 Å². The Morgan fingerprint density at radius 3 is 2.30 bits per heavy atom. The van der Waals surface area contributed by atoms with E-state index in [9.17, 15) is 24.0 Å². The molecule has 0 saturated carbocycles. The number of anilines is 2. The van der Waals surface area contributed by atoms with E-state index < -0.39 is 29.0 Å². The summed E-state index contributed by atoms with van der Waals surface area (Å²) in [7, 11) is 0. The van der Waals surface area contributed by atoms with Gasteiger partial charge >= 0.3 is 10.8 Å². The maximum Gasteiger partial charge on any atom is 0.338 e. The van der Waals surface area contributed by atoms with Crippen LogP contribution in [0.15, 0.2) is 107 Å². The van der Waals surface area contributed by atoms with Gasteiger partial charge in [-0.15, -0.1) is 0 Å². The highest BCUT2D eigenvalue weighted by Gasteiger charge is 2.56. The van der Waals surface area contributed by atoms with Crippen LogP contribution in [-0.2, 0) is 25.7 Å². The summed E-state index contributed by atoms with van der Waals surface area (Å²) in [6.07, 6.45) is 0. The topological polar surface area (TPSA) is 115 Å². The Hall–Kier alpha value is -5.00. The number of fused-ring (bicyclic) bond motifs is 3. The van der Waals surface area contributed by atoms with Crippen LogP contribution in [0, 0.1) is 5.92 Å². The first kappa shape index (κ1) is 29.7. The second-order valence-electron chi connectivity index (χ2n) is 11.0. The number of rotatable bonds is 7.